The van der Waals surface area contributed by atoms with Crippen molar-refractivity contribution in [3.63, 3.8) is 0 Å². The van der Waals surface area contributed by atoms with Gasteiger partial charge in [0.2, 0.25) is 0 Å². The Balaban J connectivity index is 2.25. The predicted molar refractivity (Wildman–Crippen MR) is 78.6 cm³/mol. The summed E-state index contributed by atoms with van der Waals surface area (Å²) in [6, 6.07) is 0. The Morgan fingerprint density at radius 2 is 1.89 bits per heavy atom. The molecule has 1 aliphatic heterocycles. The van der Waals surface area contributed by atoms with Crippen LogP contribution in [-0.2, 0) is 9.47 Å². The monoisotopic (exact) mass is 271 g/mol. The van der Waals surface area contributed by atoms with Gasteiger partial charge >= 0.3 is 0 Å². The molecule has 0 amide bonds. The Hall–Kier alpha value is -0.810. The first kappa shape index (κ1) is 16.2. The molecule has 1 saturated heterocycles. The standard InChI is InChI=1S/C14H29N3O2/c1-12-9-13(2)11-17(10-12)14(15-3)16-5-6-19-8-7-18-4/h12-13H,5-11H2,1-4H3,(H,15,16). The highest BCUT2D eigenvalue weighted by atomic mass is 16.5. The van der Waals surface area contributed by atoms with E-state index in [2.05, 4.69) is 29.1 Å². The maximum Gasteiger partial charge on any atom is 0.193 e. The summed E-state index contributed by atoms with van der Waals surface area (Å²) < 4.78 is 10.4. The third-order valence-corrected chi connectivity index (χ3v) is 3.34. The molecule has 1 heterocycles. The van der Waals surface area contributed by atoms with Crippen LogP contribution in [-0.4, -0.2) is 64.5 Å². The third kappa shape index (κ3) is 6.25. The van der Waals surface area contributed by atoms with Gasteiger partial charge in [-0.15, -0.1) is 0 Å². The summed E-state index contributed by atoms with van der Waals surface area (Å²) in [6.45, 7) is 9.57. The Kier molecular flexibility index (Phi) is 7.82. The number of hydrogen-bond acceptors (Lipinski definition) is 3. The molecule has 5 heteroatoms. The minimum absolute atomic E-state index is 0.647. The Labute approximate surface area is 117 Å². The van der Waals surface area contributed by atoms with Crippen molar-refractivity contribution in [3.05, 3.63) is 0 Å². The van der Waals surface area contributed by atoms with Crippen LogP contribution in [0.15, 0.2) is 4.99 Å². The summed E-state index contributed by atoms with van der Waals surface area (Å²) in [4.78, 5) is 6.72. The van der Waals surface area contributed by atoms with Crippen molar-refractivity contribution in [2.75, 3.05) is 53.6 Å². The topological polar surface area (TPSA) is 46.1 Å². The Morgan fingerprint density at radius 1 is 1.21 bits per heavy atom. The van der Waals surface area contributed by atoms with Crippen LogP contribution in [0.3, 0.4) is 0 Å². The Morgan fingerprint density at radius 3 is 2.47 bits per heavy atom. The second-order valence-corrected chi connectivity index (χ2v) is 5.43. The van der Waals surface area contributed by atoms with Crippen LogP contribution in [0.5, 0.6) is 0 Å². The van der Waals surface area contributed by atoms with Crippen LogP contribution in [0.2, 0.25) is 0 Å². The molecule has 0 saturated carbocycles. The predicted octanol–water partition coefficient (Wildman–Crippen LogP) is 1.20. The minimum Gasteiger partial charge on any atom is -0.382 e. The van der Waals surface area contributed by atoms with Gasteiger partial charge in [0.1, 0.15) is 0 Å². The fourth-order valence-electron chi connectivity index (χ4n) is 2.65. The van der Waals surface area contributed by atoms with Crippen molar-refractivity contribution in [2.24, 2.45) is 16.8 Å². The molecule has 1 rings (SSSR count). The van der Waals surface area contributed by atoms with Crippen molar-refractivity contribution >= 4 is 5.96 Å². The van der Waals surface area contributed by atoms with Gasteiger partial charge in [0.05, 0.1) is 19.8 Å². The van der Waals surface area contributed by atoms with Gasteiger partial charge in [-0.2, -0.15) is 0 Å². The van der Waals surface area contributed by atoms with Crippen molar-refractivity contribution in [1.29, 1.82) is 0 Å². The third-order valence-electron chi connectivity index (χ3n) is 3.34. The normalized spacial score (nSPS) is 24.6. The van der Waals surface area contributed by atoms with E-state index < -0.39 is 0 Å². The zero-order chi connectivity index (χ0) is 14.1. The van der Waals surface area contributed by atoms with Gasteiger partial charge in [-0.25, -0.2) is 0 Å². The lowest BCUT2D eigenvalue weighted by molar-refractivity contribution is 0.0729. The summed E-state index contributed by atoms with van der Waals surface area (Å²) in [6.07, 6.45) is 1.31. The fourth-order valence-corrected chi connectivity index (χ4v) is 2.65. The highest BCUT2D eigenvalue weighted by Crippen LogP contribution is 2.20. The van der Waals surface area contributed by atoms with Crippen molar-refractivity contribution in [3.8, 4) is 0 Å². The minimum atomic E-state index is 0.647. The molecule has 0 bridgehead atoms. The molecule has 2 atom stereocenters. The molecule has 0 aliphatic carbocycles. The molecule has 112 valence electrons. The molecule has 0 aromatic carbocycles. The van der Waals surface area contributed by atoms with Gasteiger partial charge in [0.15, 0.2) is 5.96 Å². The zero-order valence-corrected chi connectivity index (χ0v) is 12.8. The second kappa shape index (κ2) is 9.15. The van der Waals surface area contributed by atoms with E-state index in [4.69, 9.17) is 9.47 Å². The van der Waals surface area contributed by atoms with Crippen LogP contribution >= 0.6 is 0 Å². The second-order valence-electron chi connectivity index (χ2n) is 5.43. The first-order valence-electron chi connectivity index (χ1n) is 7.19. The molecular formula is C14H29N3O2. The van der Waals surface area contributed by atoms with Gasteiger partial charge in [-0.05, 0) is 18.3 Å². The highest BCUT2D eigenvalue weighted by molar-refractivity contribution is 5.80. The number of nitrogens with one attached hydrogen (secondary N) is 1. The Bertz CT molecular complexity index is 261. The lowest BCUT2D eigenvalue weighted by atomic mass is 9.92. The van der Waals surface area contributed by atoms with E-state index >= 15 is 0 Å². The number of methoxy groups -OCH3 is 1. The average molecular weight is 271 g/mol. The van der Waals surface area contributed by atoms with Crippen molar-refractivity contribution < 1.29 is 9.47 Å². The van der Waals surface area contributed by atoms with E-state index in [0.717, 1.165) is 37.4 Å². The van der Waals surface area contributed by atoms with Gasteiger partial charge < -0.3 is 19.7 Å². The number of rotatable bonds is 6. The van der Waals surface area contributed by atoms with E-state index in [1.54, 1.807) is 7.11 Å². The smallest absolute Gasteiger partial charge is 0.193 e. The maximum atomic E-state index is 5.44. The number of hydrogen-bond donors (Lipinski definition) is 1. The van der Waals surface area contributed by atoms with Crippen LogP contribution in [0, 0.1) is 11.8 Å². The van der Waals surface area contributed by atoms with Crippen LogP contribution < -0.4 is 5.32 Å². The lowest BCUT2D eigenvalue weighted by Crippen LogP contribution is -2.49. The number of piperidine rings is 1. The number of nitrogens with zero attached hydrogens (tertiary/aromatic N) is 2. The van der Waals surface area contributed by atoms with Gasteiger partial charge in [0, 0.05) is 33.8 Å². The van der Waals surface area contributed by atoms with E-state index in [0.29, 0.717) is 19.8 Å². The molecule has 19 heavy (non-hydrogen) atoms. The highest BCUT2D eigenvalue weighted by Gasteiger charge is 2.23. The first-order chi connectivity index (χ1) is 9.17. The van der Waals surface area contributed by atoms with Crippen LogP contribution in [0.1, 0.15) is 20.3 Å². The summed E-state index contributed by atoms with van der Waals surface area (Å²) in [5.74, 6) is 2.47. The number of guanidine groups is 1. The average Bonchev–Trinajstić information content (AvgIpc) is 2.37. The molecule has 1 aliphatic rings. The van der Waals surface area contributed by atoms with Crippen LogP contribution in [0.4, 0.5) is 0 Å². The molecule has 1 fully saturated rings. The quantitative estimate of drug-likeness (QED) is 0.448. The fraction of sp³-hybridized carbons (Fsp3) is 0.929. The molecule has 5 nitrogen and oxygen atoms in total. The summed E-state index contributed by atoms with van der Waals surface area (Å²) in [7, 11) is 3.53. The molecule has 1 N–H and O–H groups in total. The van der Waals surface area contributed by atoms with Crippen molar-refractivity contribution in [1.82, 2.24) is 10.2 Å². The largest absolute Gasteiger partial charge is 0.382 e. The summed E-state index contributed by atoms with van der Waals surface area (Å²) in [5, 5.41) is 3.37. The molecule has 0 aromatic rings. The van der Waals surface area contributed by atoms with E-state index in [-0.39, 0.29) is 0 Å². The summed E-state index contributed by atoms with van der Waals surface area (Å²) >= 11 is 0. The number of aliphatic imine (C=N–C) groups is 1. The van der Waals surface area contributed by atoms with E-state index in [1.807, 2.05) is 7.05 Å². The molecule has 2 unspecified atom stereocenters. The molecule has 0 aromatic heterocycles. The van der Waals surface area contributed by atoms with Gasteiger partial charge in [0.25, 0.3) is 0 Å². The van der Waals surface area contributed by atoms with Gasteiger partial charge in [-0.1, -0.05) is 13.8 Å². The number of ether oxygens (including phenoxy) is 2. The van der Waals surface area contributed by atoms with E-state index in [9.17, 15) is 0 Å². The summed E-state index contributed by atoms with van der Waals surface area (Å²) in [5.41, 5.74) is 0. The van der Waals surface area contributed by atoms with Gasteiger partial charge in [-0.3, -0.25) is 4.99 Å². The lowest BCUT2D eigenvalue weighted by Gasteiger charge is -2.37. The van der Waals surface area contributed by atoms with Crippen molar-refractivity contribution in [2.45, 2.75) is 20.3 Å². The molecule has 0 radical (unpaired) electrons. The molecular weight excluding hydrogens is 242 g/mol. The molecule has 0 spiro atoms. The first-order valence-corrected chi connectivity index (χ1v) is 7.19. The zero-order valence-electron chi connectivity index (χ0n) is 12.8. The number of likely N-dealkylation sites (tertiary alicyclic amines) is 1. The SMILES string of the molecule is CN=C(NCCOCCOC)N1CC(C)CC(C)C1. The van der Waals surface area contributed by atoms with E-state index in [1.165, 1.54) is 6.42 Å². The maximum absolute atomic E-state index is 5.44. The van der Waals surface area contributed by atoms with Crippen LogP contribution in [0.25, 0.3) is 0 Å².